The number of carbonyl (C=O) groups excluding carboxylic acids is 1. The summed E-state index contributed by atoms with van der Waals surface area (Å²) in [6.07, 6.45) is 3.32. The predicted octanol–water partition coefficient (Wildman–Crippen LogP) is 0.932. The van der Waals surface area contributed by atoms with E-state index in [1.165, 1.54) is 0 Å². The first-order chi connectivity index (χ1) is 7.13. The summed E-state index contributed by atoms with van der Waals surface area (Å²) in [6.45, 7) is 7.14. The highest BCUT2D eigenvalue weighted by Crippen LogP contribution is 2.27. The highest BCUT2D eigenvalue weighted by molar-refractivity contribution is 5.78. The Labute approximate surface area is 91.4 Å². The molecule has 0 aliphatic carbocycles. The molecule has 2 rings (SSSR count). The van der Waals surface area contributed by atoms with Crippen LogP contribution in [0, 0.1) is 0 Å². The zero-order chi connectivity index (χ0) is 10.9. The maximum atomic E-state index is 11.8. The molecular weight excluding hydrogens is 190 g/mol. The lowest BCUT2D eigenvalue weighted by atomic mass is 9.91. The van der Waals surface area contributed by atoms with Crippen molar-refractivity contribution in [2.24, 2.45) is 0 Å². The minimum Gasteiger partial charge on any atom is -0.331 e. The van der Waals surface area contributed by atoms with Crippen molar-refractivity contribution in [3.8, 4) is 0 Å². The van der Waals surface area contributed by atoms with Gasteiger partial charge in [-0.25, -0.2) is 4.79 Å². The Morgan fingerprint density at radius 1 is 1.33 bits per heavy atom. The third kappa shape index (κ3) is 2.09. The summed E-state index contributed by atoms with van der Waals surface area (Å²) in [5.41, 5.74) is 0.0465. The van der Waals surface area contributed by atoms with Gasteiger partial charge in [-0.1, -0.05) is 0 Å². The highest BCUT2D eigenvalue weighted by atomic mass is 16.2. The minimum absolute atomic E-state index is 0.0465. The van der Waals surface area contributed by atoms with Crippen molar-refractivity contribution in [2.75, 3.05) is 19.6 Å². The third-order valence-corrected chi connectivity index (χ3v) is 3.52. The van der Waals surface area contributed by atoms with Gasteiger partial charge in [-0.05, 0) is 46.2 Å². The quantitative estimate of drug-likeness (QED) is 0.678. The van der Waals surface area contributed by atoms with Gasteiger partial charge in [-0.15, -0.1) is 0 Å². The lowest BCUT2D eigenvalue weighted by Crippen LogP contribution is -2.44. The van der Waals surface area contributed by atoms with Crippen LogP contribution >= 0.6 is 0 Å². The number of amides is 2. The Morgan fingerprint density at radius 3 is 2.80 bits per heavy atom. The van der Waals surface area contributed by atoms with E-state index in [-0.39, 0.29) is 11.6 Å². The second kappa shape index (κ2) is 4.00. The zero-order valence-electron chi connectivity index (χ0n) is 9.68. The van der Waals surface area contributed by atoms with Crippen LogP contribution in [0.2, 0.25) is 0 Å². The highest BCUT2D eigenvalue weighted by Gasteiger charge is 2.42. The second-order valence-corrected chi connectivity index (χ2v) is 5.04. The van der Waals surface area contributed by atoms with Crippen LogP contribution in [0.15, 0.2) is 0 Å². The van der Waals surface area contributed by atoms with E-state index < -0.39 is 0 Å². The Morgan fingerprint density at radius 2 is 2.13 bits per heavy atom. The largest absolute Gasteiger partial charge is 0.331 e. The van der Waals surface area contributed by atoms with E-state index in [0.29, 0.717) is 6.04 Å². The summed E-state index contributed by atoms with van der Waals surface area (Å²) >= 11 is 0. The van der Waals surface area contributed by atoms with Gasteiger partial charge in [-0.3, -0.25) is 0 Å². The van der Waals surface area contributed by atoms with Gasteiger partial charge < -0.3 is 15.5 Å². The predicted molar refractivity (Wildman–Crippen MR) is 59.8 cm³/mol. The monoisotopic (exact) mass is 211 g/mol. The maximum Gasteiger partial charge on any atom is 0.318 e. The van der Waals surface area contributed by atoms with Crippen LogP contribution < -0.4 is 10.6 Å². The van der Waals surface area contributed by atoms with E-state index in [4.69, 9.17) is 0 Å². The van der Waals surface area contributed by atoms with Crippen molar-refractivity contribution in [2.45, 2.75) is 44.7 Å². The van der Waals surface area contributed by atoms with E-state index in [0.717, 1.165) is 38.9 Å². The van der Waals surface area contributed by atoms with Gasteiger partial charge in [0.2, 0.25) is 0 Å². The second-order valence-electron chi connectivity index (χ2n) is 5.04. The van der Waals surface area contributed by atoms with Crippen LogP contribution in [-0.4, -0.2) is 42.1 Å². The number of hydrogen-bond donors (Lipinski definition) is 2. The van der Waals surface area contributed by atoms with Crippen LogP contribution in [0.3, 0.4) is 0 Å². The summed E-state index contributed by atoms with van der Waals surface area (Å²) in [6, 6.07) is 0.424. The molecule has 1 spiro atoms. The maximum absolute atomic E-state index is 11.8. The molecule has 0 saturated carbocycles. The fourth-order valence-electron chi connectivity index (χ4n) is 2.57. The Kier molecular flexibility index (Phi) is 2.87. The molecule has 15 heavy (non-hydrogen) atoms. The molecule has 2 N–H and O–H groups in total. The molecule has 4 heteroatoms. The smallest absolute Gasteiger partial charge is 0.318 e. The number of rotatable bonds is 1. The molecule has 2 fully saturated rings. The van der Waals surface area contributed by atoms with Gasteiger partial charge in [0, 0.05) is 12.6 Å². The van der Waals surface area contributed by atoms with Crippen LogP contribution in [0.1, 0.15) is 33.1 Å². The number of nitrogens with zero attached hydrogens (tertiary/aromatic N) is 1. The fourth-order valence-corrected chi connectivity index (χ4v) is 2.57. The van der Waals surface area contributed by atoms with Crippen LogP contribution in [0.5, 0.6) is 0 Å². The van der Waals surface area contributed by atoms with Gasteiger partial charge in [0.1, 0.15) is 0 Å². The van der Waals surface area contributed by atoms with Crippen LogP contribution in [0.4, 0.5) is 4.79 Å². The van der Waals surface area contributed by atoms with Crippen molar-refractivity contribution in [1.82, 2.24) is 15.5 Å². The standard InChI is InChI=1S/C11H21N3O/c1-9(2)14-8-11(13-10(14)15)4-3-6-12-7-5-11/h9,12H,3-8H2,1-2H3,(H,13,15). The van der Waals surface area contributed by atoms with Crippen molar-refractivity contribution < 1.29 is 4.79 Å². The van der Waals surface area contributed by atoms with Gasteiger partial charge in [0.25, 0.3) is 0 Å². The molecule has 0 aromatic carbocycles. The van der Waals surface area contributed by atoms with E-state index >= 15 is 0 Å². The van der Waals surface area contributed by atoms with Gasteiger partial charge >= 0.3 is 6.03 Å². The van der Waals surface area contributed by atoms with E-state index in [1.54, 1.807) is 0 Å². The van der Waals surface area contributed by atoms with Gasteiger partial charge in [-0.2, -0.15) is 0 Å². The number of carbonyl (C=O) groups is 1. The molecule has 2 amide bonds. The molecule has 2 saturated heterocycles. The molecule has 2 heterocycles. The average molecular weight is 211 g/mol. The first kappa shape index (κ1) is 10.7. The van der Waals surface area contributed by atoms with Crippen molar-refractivity contribution in [3.63, 3.8) is 0 Å². The molecule has 2 aliphatic rings. The number of urea groups is 1. The molecule has 0 aromatic rings. The molecule has 2 aliphatic heterocycles. The van der Waals surface area contributed by atoms with Gasteiger partial charge in [0.15, 0.2) is 0 Å². The van der Waals surface area contributed by atoms with E-state index in [1.807, 2.05) is 4.90 Å². The summed E-state index contributed by atoms with van der Waals surface area (Å²) in [4.78, 5) is 13.7. The average Bonchev–Trinajstić information content (AvgIpc) is 2.36. The summed E-state index contributed by atoms with van der Waals surface area (Å²) in [5, 5.41) is 6.58. The van der Waals surface area contributed by atoms with Crippen molar-refractivity contribution >= 4 is 6.03 Å². The van der Waals surface area contributed by atoms with E-state index in [2.05, 4.69) is 24.5 Å². The Balaban J connectivity index is 2.07. The molecule has 4 nitrogen and oxygen atoms in total. The lowest BCUT2D eigenvalue weighted by molar-refractivity contribution is 0.204. The van der Waals surface area contributed by atoms with Crippen LogP contribution in [0.25, 0.3) is 0 Å². The topological polar surface area (TPSA) is 44.4 Å². The number of nitrogens with one attached hydrogen (secondary N) is 2. The first-order valence-corrected chi connectivity index (χ1v) is 5.92. The number of hydrogen-bond acceptors (Lipinski definition) is 2. The normalized spacial score (nSPS) is 32.2. The SMILES string of the molecule is CC(C)N1CC2(CCCNCC2)NC1=O. The summed E-state index contributed by atoms with van der Waals surface area (Å²) in [5.74, 6) is 0. The van der Waals surface area contributed by atoms with Crippen LogP contribution in [-0.2, 0) is 0 Å². The molecular formula is C11H21N3O. The summed E-state index contributed by atoms with van der Waals surface area (Å²) in [7, 11) is 0. The van der Waals surface area contributed by atoms with Gasteiger partial charge in [0.05, 0.1) is 5.54 Å². The first-order valence-electron chi connectivity index (χ1n) is 5.92. The minimum atomic E-state index is 0.0465. The lowest BCUT2D eigenvalue weighted by Gasteiger charge is -2.27. The molecule has 0 radical (unpaired) electrons. The Bertz CT molecular complexity index is 244. The zero-order valence-corrected chi connectivity index (χ0v) is 9.68. The van der Waals surface area contributed by atoms with Crippen molar-refractivity contribution in [3.05, 3.63) is 0 Å². The van der Waals surface area contributed by atoms with Crippen molar-refractivity contribution in [1.29, 1.82) is 0 Å². The molecule has 0 bridgehead atoms. The molecule has 1 unspecified atom stereocenters. The van der Waals surface area contributed by atoms with E-state index in [9.17, 15) is 4.79 Å². The fraction of sp³-hybridized carbons (Fsp3) is 0.909. The molecule has 86 valence electrons. The Hall–Kier alpha value is -0.770. The molecule has 0 aromatic heterocycles. The molecule has 1 atom stereocenters. The summed E-state index contributed by atoms with van der Waals surface area (Å²) < 4.78 is 0. The third-order valence-electron chi connectivity index (χ3n) is 3.52.